The first-order valence-electron chi connectivity index (χ1n) is 6.14. The van der Waals surface area contributed by atoms with Gasteiger partial charge < -0.3 is 18.1 Å². The van der Waals surface area contributed by atoms with Crippen molar-refractivity contribution in [1.82, 2.24) is 0 Å². The SMILES string of the molecule is CCCCCCOP(=O)(OC)C(Cl)(Cl)P(=O)(OC)OC. The first-order valence-corrected chi connectivity index (χ1v) is 9.98. The summed E-state index contributed by atoms with van der Waals surface area (Å²) in [5.41, 5.74) is 0. The number of rotatable bonds is 11. The third kappa shape index (κ3) is 4.69. The molecule has 0 aromatic rings. The Labute approximate surface area is 130 Å². The fourth-order valence-electron chi connectivity index (χ4n) is 1.40. The second kappa shape index (κ2) is 9.12. The molecule has 10 heteroatoms. The molecule has 0 N–H and O–H groups in total. The van der Waals surface area contributed by atoms with Gasteiger partial charge in [0.1, 0.15) is 0 Å². The van der Waals surface area contributed by atoms with E-state index in [9.17, 15) is 9.13 Å². The van der Waals surface area contributed by atoms with Crippen LogP contribution in [-0.2, 0) is 27.2 Å². The van der Waals surface area contributed by atoms with Gasteiger partial charge in [-0.15, -0.1) is 0 Å². The molecule has 0 aromatic heterocycles. The number of unbranched alkanes of at least 4 members (excludes halogenated alkanes) is 3. The van der Waals surface area contributed by atoms with E-state index in [2.05, 4.69) is 16.0 Å². The summed E-state index contributed by atoms with van der Waals surface area (Å²) in [5.74, 6) is 0. The van der Waals surface area contributed by atoms with E-state index < -0.39 is 19.0 Å². The fraction of sp³-hybridized carbons (Fsp3) is 1.00. The number of hydrogen-bond donors (Lipinski definition) is 0. The summed E-state index contributed by atoms with van der Waals surface area (Å²) in [6.07, 6.45) is 3.65. The lowest BCUT2D eigenvalue weighted by molar-refractivity contribution is 0.220. The van der Waals surface area contributed by atoms with Crippen molar-refractivity contribution in [2.45, 2.75) is 36.4 Å². The molecular weight excluding hydrogens is 349 g/mol. The lowest BCUT2D eigenvalue weighted by atomic mass is 10.2. The first-order chi connectivity index (χ1) is 9.24. The Morgan fingerprint density at radius 1 is 0.900 bits per heavy atom. The molecule has 0 aliphatic heterocycles. The predicted molar refractivity (Wildman–Crippen MR) is 80.8 cm³/mol. The van der Waals surface area contributed by atoms with Crippen LogP contribution >= 0.6 is 38.4 Å². The molecule has 0 amide bonds. The van der Waals surface area contributed by atoms with Gasteiger partial charge in [0.25, 0.3) is 0 Å². The van der Waals surface area contributed by atoms with Crippen molar-refractivity contribution >= 4 is 38.4 Å². The van der Waals surface area contributed by atoms with Crippen molar-refractivity contribution in [3.63, 3.8) is 0 Å². The Kier molecular flexibility index (Phi) is 9.52. The lowest BCUT2D eigenvalue weighted by Gasteiger charge is -2.31. The molecular formula is C10H22Cl2O6P2. The largest absolute Gasteiger partial charge is 0.378 e. The minimum Gasteiger partial charge on any atom is -0.309 e. The molecule has 0 saturated heterocycles. The minimum absolute atomic E-state index is 0.125. The Hall–Kier alpha value is 0.880. The average Bonchev–Trinajstić information content (AvgIpc) is 2.45. The van der Waals surface area contributed by atoms with E-state index in [-0.39, 0.29) is 6.61 Å². The van der Waals surface area contributed by atoms with Crippen molar-refractivity contribution < 1.29 is 27.2 Å². The number of halogens is 2. The van der Waals surface area contributed by atoms with Crippen molar-refractivity contribution in [2.24, 2.45) is 0 Å². The molecule has 0 saturated carbocycles. The smallest absolute Gasteiger partial charge is 0.309 e. The van der Waals surface area contributed by atoms with Crippen LogP contribution < -0.4 is 0 Å². The zero-order valence-corrected chi connectivity index (χ0v) is 15.4. The van der Waals surface area contributed by atoms with Crippen LogP contribution in [0.4, 0.5) is 0 Å². The van der Waals surface area contributed by atoms with E-state index in [1.54, 1.807) is 0 Å². The molecule has 0 aliphatic carbocycles. The van der Waals surface area contributed by atoms with Gasteiger partial charge in [-0.05, 0) is 6.42 Å². The average molecular weight is 371 g/mol. The van der Waals surface area contributed by atoms with Crippen LogP contribution in [0.1, 0.15) is 32.6 Å². The summed E-state index contributed by atoms with van der Waals surface area (Å²) >= 11 is 11.9. The normalized spacial score (nSPS) is 16.1. The highest BCUT2D eigenvalue weighted by molar-refractivity contribution is 7.80. The Balaban J connectivity index is 4.93. The fourth-order valence-corrected chi connectivity index (χ4v) is 6.48. The van der Waals surface area contributed by atoms with Crippen molar-refractivity contribution in [1.29, 1.82) is 0 Å². The van der Waals surface area contributed by atoms with Crippen molar-refractivity contribution in [3.8, 4) is 0 Å². The molecule has 0 rings (SSSR count). The minimum atomic E-state index is -4.09. The van der Waals surface area contributed by atoms with E-state index in [4.69, 9.17) is 32.2 Å². The van der Waals surface area contributed by atoms with E-state index >= 15 is 0 Å². The second-order valence-electron chi connectivity index (χ2n) is 3.95. The maximum absolute atomic E-state index is 12.6. The molecule has 0 heterocycles. The summed E-state index contributed by atoms with van der Waals surface area (Å²) in [4.78, 5) is 0. The first kappa shape index (κ1) is 20.9. The molecule has 0 aromatic carbocycles. The molecule has 0 spiro atoms. The van der Waals surface area contributed by atoms with Gasteiger partial charge in [0.05, 0.1) is 6.61 Å². The number of alkyl halides is 2. The Bertz CT molecular complexity index is 369. The summed E-state index contributed by atoms with van der Waals surface area (Å²) in [7, 11) is -4.86. The van der Waals surface area contributed by atoms with Gasteiger partial charge in [0, 0.05) is 21.3 Å². The molecule has 1 unspecified atom stereocenters. The molecule has 6 nitrogen and oxygen atoms in total. The molecule has 1 atom stereocenters. The van der Waals surface area contributed by atoms with Gasteiger partial charge in [-0.1, -0.05) is 49.4 Å². The summed E-state index contributed by atoms with van der Waals surface area (Å²) in [6, 6.07) is 0. The van der Waals surface area contributed by atoms with Gasteiger partial charge >= 0.3 is 19.0 Å². The van der Waals surface area contributed by atoms with E-state index in [0.717, 1.165) is 40.6 Å². The van der Waals surface area contributed by atoms with Crippen molar-refractivity contribution in [2.75, 3.05) is 27.9 Å². The van der Waals surface area contributed by atoms with Gasteiger partial charge in [0.2, 0.25) is 0 Å². The highest BCUT2D eigenvalue weighted by atomic mass is 35.5. The zero-order valence-electron chi connectivity index (χ0n) is 12.1. The van der Waals surface area contributed by atoms with Gasteiger partial charge in [0.15, 0.2) is 0 Å². The zero-order chi connectivity index (χ0) is 15.9. The van der Waals surface area contributed by atoms with Crippen molar-refractivity contribution in [3.05, 3.63) is 0 Å². The summed E-state index contributed by atoms with van der Waals surface area (Å²) < 4.78 is 41.7. The van der Waals surface area contributed by atoms with Crippen LogP contribution in [0, 0.1) is 0 Å². The highest BCUT2D eigenvalue weighted by Crippen LogP contribution is 2.81. The van der Waals surface area contributed by atoms with Crippen LogP contribution in [-0.4, -0.2) is 31.8 Å². The van der Waals surface area contributed by atoms with Crippen LogP contribution in [0.25, 0.3) is 0 Å². The Morgan fingerprint density at radius 3 is 1.80 bits per heavy atom. The van der Waals surface area contributed by atoms with E-state index in [0.29, 0.717) is 6.42 Å². The highest BCUT2D eigenvalue weighted by Gasteiger charge is 2.63. The third-order valence-corrected chi connectivity index (χ3v) is 9.88. The molecule has 0 aliphatic rings. The summed E-state index contributed by atoms with van der Waals surface area (Å²) in [6.45, 7) is 2.19. The second-order valence-corrected chi connectivity index (χ2v) is 11.4. The quantitative estimate of drug-likeness (QED) is 0.289. The molecule has 20 heavy (non-hydrogen) atoms. The molecule has 122 valence electrons. The maximum atomic E-state index is 12.6. The van der Waals surface area contributed by atoms with Crippen LogP contribution in [0.5, 0.6) is 0 Å². The van der Waals surface area contributed by atoms with Crippen LogP contribution in [0.2, 0.25) is 0 Å². The molecule has 0 radical (unpaired) electrons. The predicted octanol–water partition coefficient (Wildman–Crippen LogP) is 5.00. The monoisotopic (exact) mass is 370 g/mol. The maximum Gasteiger partial charge on any atom is 0.378 e. The number of hydrogen-bond acceptors (Lipinski definition) is 6. The Morgan fingerprint density at radius 2 is 1.40 bits per heavy atom. The van der Waals surface area contributed by atoms with E-state index in [1.165, 1.54) is 0 Å². The van der Waals surface area contributed by atoms with Gasteiger partial charge in [-0.3, -0.25) is 9.13 Å². The molecule has 0 bridgehead atoms. The topological polar surface area (TPSA) is 71.1 Å². The van der Waals surface area contributed by atoms with Crippen LogP contribution in [0.15, 0.2) is 0 Å². The van der Waals surface area contributed by atoms with Gasteiger partial charge in [-0.25, -0.2) is 0 Å². The molecule has 0 fully saturated rings. The standard InChI is InChI=1S/C10H22Cl2O6P2/c1-5-6-7-8-9-18-20(14,17-4)10(11,12)19(13,15-2)16-3/h5-9H2,1-4H3. The third-order valence-electron chi connectivity index (χ3n) is 2.64. The van der Waals surface area contributed by atoms with Crippen LogP contribution in [0.3, 0.4) is 0 Å². The lowest BCUT2D eigenvalue weighted by Crippen LogP contribution is -2.19. The van der Waals surface area contributed by atoms with Gasteiger partial charge in [-0.2, -0.15) is 0 Å². The summed E-state index contributed by atoms with van der Waals surface area (Å²) in [5, 5.41) is 0. The van der Waals surface area contributed by atoms with E-state index in [1.807, 2.05) is 0 Å².